The monoisotopic (exact) mass is 810 g/mol. The van der Waals surface area contributed by atoms with E-state index < -0.39 is 35.0 Å². The molecule has 1 aromatic carbocycles. The summed E-state index contributed by atoms with van der Waals surface area (Å²) in [6.45, 7) is 18.3. The van der Waals surface area contributed by atoms with Crippen LogP contribution in [0.1, 0.15) is 113 Å². The Balaban J connectivity index is 0.000000246. The molecular formula is C42H60F2N8O6. The number of unbranched alkanes of at least 4 members (excludes halogenated alkanes) is 1. The number of hydrogen-bond donors (Lipinski definition) is 2. The highest BCUT2D eigenvalue weighted by atomic mass is 19.1. The van der Waals surface area contributed by atoms with Crippen LogP contribution in [-0.4, -0.2) is 103 Å². The van der Waals surface area contributed by atoms with Crippen LogP contribution in [0.3, 0.4) is 0 Å². The van der Waals surface area contributed by atoms with Gasteiger partial charge in [-0.05, 0) is 106 Å². The molecule has 0 spiro atoms. The summed E-state index contributed by atoms with van der Waals surface area (Å²) in [7, 11) is 0. The zero-order valence-electron chi connectivity index (χ0n) is 35.3. The number of fused-ring (bicyclic) bond motifs is 3. The standard InChI is InChI=1S/C26H28F2N6O2.C13H26N2O4.C3H6/c1-25(2,3)36-23-18-12-29-21(16-10-15(27)11-19-17(16)13-30-33-19)20(28)22(18)31-24(32-23)35-14-26-6-4-8-34(26)9-5-7-26;1-6-8-9-15(10-14-11(16)18-7-2)12(17)19-13(3,4)5;1-2-3-1/h10-13H,4-9,14H2,1-3H3,(H,30,33);6-10H2,1-5H3,(H,14,16);1-3H2. The maximum absolute atomic E-state index is 16.0. The summed E-state index contributed by atoms with van der Waals surface area (Å²) in [5.74, 6) is -1.03. The minimum Gasteiger partial charge on any atom is -0.471 e. The molecular weight excluding hydrogens is 751 g/mol. The SMILES string of the molecule is C1CC1.CC(C)(C)Oc1nc(OCC23CCCN2CCC3)nc2c(F)c(-c3cc(F)cc4[nH]ncc34)ncc12.CCCCN(CNC(=O)OCC)C(=O)OC(C)(C)C. The smallest absolute Gasteiger partial charge is 0.411 e. The number of pyridine rings is 1. The highest BCUT2D eigenvalue weighted by Gasteiger charge is 2.45. The molecule has 318 valence electrons. The second-order valence-electron chi connectivity index (χ2n) is 16.9. The van der Waals surface area contributed by atoms with E-state index >= 15 is 4.39 Å². The van der Waals surface area contributed by atoms with Crippen molar-refractivity contribution in [1.29, 1.82) is 0 Å². The van der Waals surface area contributed by atoms with Crippen LogP contribution in [0.25, 0.3) is 33.1 Å². The number of aromatic nitrogens is 5. The van der Waals surface area contributed by atoms with Gasteiger partial charge in [-0.1, -0.05) is 32.6 Å². The van der Waals surface area contributed by atoms with E-state index in [1.54, 1.807) is 6.92 Å². The maximum Gasteiger partial charge on any atom is 0.411 e. The lowest BCUT2D eigenvalue weighted by Crippen LogP contribution is -2.44. The van der Waals surface area contributed by atoms with Gasteiger partial charge >= 0.3 is 18.2 Å². The number of amides is 2. The van der Waals surface area contributed by atoms with Crippen molar-refractivity contribution in [2.45, 2.75) is 130 Å². The van der Waals surface area contributed by atoms with Crippen molar-refractivity contribution >= 4 is 34.0 Å². The van der Waals surface area contributed by atoms with Crippen LogP contribution in [-0.2, 0) is 9.47 Å². The van der Waals surface area contributed by atoms with Gasteiger partial charge in [0.25, 0.3) is 0 Å². The van der Waals surface area contributed by atoms with Crippen LogP contribution in [0.4, 0.5) is 18.4 Å². The number of nitrogens with one attached hydrogen (secondary N) is 2. The average molecular weight is 811 g/mol. The number of alkyl carbamates (subject to hydrolysis) is 1. The number of aromatic amines is 1. The molecule has 3 aliphatic rings. The Labute approximate surface area is 339 Å². The lowest BCUT2D eigenvalue weighted by molar-refractivity contribution is 0.0232. The number of hydrogen-bond acceptors (Lipinski definition) is 11. The zero-order valence-corrected chi connectivity index (χ0v) is 35.3. The van der Waals surface area contributed by atoms with Crippen molar-refractivity contribution in [3.63, 3.8) is 0 Å². The Morgan fingerprint density at radius 3 is 2.28 bits per heavy atom. The molecule has 0 atom stereocenters. The Morgan fingerprint density at radius 1 is 0.948 bits per heavy atom. The Hall–Kier alpha value is -4.86. The second kappa shape index (κ2) is 19.3. The van der Waals surface area contributed by atoms with Crippen molar-refractivity contribution in [1.82, 2.24) is 40.3 Å². The largest absolute Gasteiger partial charge is 0.471 e. The predicted octanol–water partition coefficient (Wildman–Crippen LogP) is 8.93. The lowest BCUT2D eigenvalue weighted by atomic mass is 9.95. The van der Waals surface area contributed by atoms with Gasteiger partial charge in [-0.15, -0.1) is 0 Å². The Kier molecular flexibility index (Phi) is 14.7. The van der Waals surface area contributed by atoms with Gasteiger partial charge in [0.1, 0.15) is 34.8 Å². The topological polar surface area (TPSA) is 157 Å². The molecule has 2 N–H and O–H groups in total. The van der Waals surface area contributed by atoms with E-state index in [0.717, 1.165) is 51.6 Å². The predicted molar refractivity (Wildman–Crippen MR) is 218 cm³/mol. The van der Waals surface area contributed by atoms with Crippen molar-refractivity contribution in [2.75, 3.05) is 39.5 Å². The van der Waals surface area contributed by atoms with Gasteiger partial charge in [-0.2, -0.15) is 15.1 Å². The van der Waals surface area contributed by atoms with Gasteiger partial charge in [0.15, 0.2) is 5.82 Å². The molecule has 7 rings (SSSR count). The third-order valence-electron chi connectivity index (χ3n) is 9.57. The summed E-state index contributed by atoms with van der Waals surface area (Å²) in [6.07, 6.45) is 12.7. The average Bonchev–Trinajstić information content (AvgIpc) is 3.71. The first-order chi connectivity index (χ1) is 27.5. The minimum atomic E-state index is -0.701. The van der Waals surface area contributed by atoms with Crippen LogP contribution in [0, 0.1) is 11.6 Å². The van der Waals surface area contributed by atoms with Gasteiger partial charge in [-0.3, -0.25) is 19.9 Å². The van der Waals surface area contributed by atoms with Crippen LogP contribution >= 0.6 is 0 Å². The van der Waals surface area contributed by atoms with Gasteiger partial charge < -0.3 is 24.3 Å². The molecule has 58 heavy (non-hydrogen) atoms. The van der Waals surface area contributed by atoms with E-state index in [0.29, 0.717) is 36.0 Å². The fourth-order valence-electron chi connectivity index (χ4n) is 6.76. The van der Waals surface area contributed by atoms with Gasteiger partial charge in [0.05, 0.1) is 35.9 Å². The van der Waals surface area contributed by atoms with E-state index in [9.17, 15) is 14.0 Å². The van der Waals surface area contributed by atoms with Gasteiger partial charge in [0.2, 0.25) is 5.88 Å². The third kappa shape index (κ3) is 12.1. The van der Waals surface area contributed by atoms with Crippen molar-refractivity contribution in [2.24, 2.45) is 0 Å². The number of ether oxygens (including phenoxy) is 4. The zero-order chi connectivity index (χ0) is 42.1. The molecule has 1 saturated carbocycles. The van der Waals surface area contributed by atoms with Crippen molar-refractivity contribution in [3.8, 4) is 23.1 Å². The summed E-state index contributed by atoms with van der Waals surface area (Å²) < 4.78 is 52.6. The molecule has 2 aliphatic heterocycles. The van der Waals surface area contributed by atoms with Gasteiger partial charge in [0, 0.05) is 23.7 Å². The third-order valence-corrected chi connectivity index (χ3v) is 9.57. The number of H-pyrrole nitrogens is 1. The normalized spacial score (nSPS) is 15.8. The van der Waals surface area contributed by atoms with Crippen LogP contribution in [0.5, 0.6) is 11.9 Å². The number of halogens is 2. The quantitative estimate of drug-likeness (QED) is 0.139. The Bertz CT molecular complexity index is 2000. The number of nitrogens with zero attached hydrogens (tertiary/aromatic N) is 6. The lowest BCUT2D eigenvalue weighted by Gasteiger charge is -2.31. The van der Waals surface area contributed by atoms with E-state index in [1.807, 2.05) is 48.5 Å². The highest BCUT2D eigenvalue weighted by molar-refractivity contribution is 5.96. The molecule has 2 saturated heterocycles. The molecule has 16 heteroatoms. The molecule has 14 nitrogen and oxygen atoms in total. The first kappa shape index (κ1) is 44.2. The molecule has 2 amide bonds. The fraction of sp³-hybridized carbons (Fsp3) is 0.619. The summed E-state index contributed by atoms with van der Waals surface area (Å²) in [5.41, 5.74) is -0.444. The number of benzene rings is 1. The first-order valence-electron chi connectivity index (χ1n) is 20.5. The van der Waals surface area contributed by atoms with E-state index in [4.69, 9.17) is 18.9 Å². The molecule has 3 fully saturated rings. The van der Waals surface area contributed by atoms with Crippen LogP contribution < -0.4 is 14.8 Å². The summed E-state index contributed by atoms with van der Waals surface area (Å²) in [5, 5.41) is 10.1. The number of rotatable bonds is 11. The molecule has 1 aliphatic carbocycles. The summed E-state index contributed by atoms with van der Waals surface area (Å²) >= 11 is 0. The maximum atomic E-state index is 16.0. The number of carbonyl (C=O) groups excluding carboxylic acids is 2. The molecule has 0 unspecified atom stereocenters. The molecule has 0 radical (unpaired) electrons. The van der Waals surface area contributed by atoms with Crippen molar-refractivity contribution < 1.29 is 37.3 Å². The highest BCUT2D eigenvalue weighted by Crippen LogP contribution is 2.40. The number of carbonyl (C=O) groups is 2. The fourth-order valence-corrected chi connectivity index (χ4v) is 6.76. The first-order valence-corrected chi connectivity index (χ1v) is 20.5. The molecule has 0 bridgehead atoms. The summed E-state index contributed by atoms with van der Waals surface area (Å²) in [4.78, 5) is 40.4. The minimum absolute atomic E-state index is 0.0114. The van der Waals surface area contributed by atoms with Gasteiger partial charge in [-0.25, -0.2) is 18.4 Å². The summed E-state index contributed by atoms with van der Waals surface area (Å²) in [6, 6.07) is 2.61. The van der Waals surface area contributed by atoms with Crippen LogP contribution in [0.2, 0.25) is 0 Å². The second-order valence-corrected chi connectivity index (χ2v) is 16.9. The van der Waals surface area contributed by atoms with E-state index in [1.165, 1.54) is 48.7 Å². The molecule has 4 aromatic rings. The Morgan fingerprint density at radius 2 is 1.66 bits per heavy atom. The molecule has 5 heterocycles. The molecule has 3 aromatic heterocycles. The van der Waals surface area contributed by atoms with Crippen molar-refractivity contribution in [3.05, 3.63) is 36.2 Å². The van der Waals surface area contributed by atoms with Crippen LogP contribution in [0.15, 0.2) is 24.5 Å². The van der Waals surface area contributed by atoms with E-state index in [2.05, 4.69) is 35.4 Å². The van der Waals surface area contributed by atoms with E-state index in [-0.39, 0.29) is 40.9 Å².